The molecule has 0 aromatic carbocycles. The summed E-state index contributed by atoms with van der Waals surface area (Å²) >= 11 is 1.48. The predicted molar refractivity (Wildman–Crippen MR) is 89.3 cm³/mol. The Morgan fingerprint density at radius 2 is 2.17 bits per heavy atom. The summed E-state index contributed by atoms with van der Waals surface area (Å²) in [6, 6.07) is 6.97. The number of amides is 1. The highest BCUT2D eigenvalue weighted by atomic mass is 32.1. The van der Waals surface area contributed by atoms with Crippen molar-refractivity contribution in [2.24, 2.45) is 0 Å². The molecule has 1 amide bonds. The Balaban J connectivity index is 1.46. The lowest BCUT2D eigenvalue weighted by molar-refractivity contribution is 0.0726. The number of fused-ring (bicyclic) bond motifs is 1. The lowest BCUT2D eigenvalue weighted by Gasteiger charge is -2.25. The standard InChI is InChI=1S/C17H20N4OS/c1-12-3-2-4-13(19-12)9-20-7-5-16-15(20)6-8-21(16)17(22)14-10-23-11-18-14/h2-4,10-11,15-16H,5-9H2,1H3/t15-,16+/m0/s1. The van der Waals surface area contributed by atoms with E-state index in [0.29, 0.717) is 17.8 Å². The average molecular weight is 328 g/mol. The molecule has 4 heterocycles. The molecule has 0 saturated carbocycles. The van der Waals surface area contributed by atoms with Crippen molar-refractivity contribution in [3.05, 3.63) is 46.2 Å². The van der Waals surface area contributed by atoms with Gasteiger partial charge in [0, 0.05) is 42.8 Å². The van der Waals surface area contributed by atoms with Crippen LogP contribution in [0, 0.1) is 6.92 Å². The Labute approximate surface area is 140 Å². The van der Waals surface area contributed by atoms with Gasteiger partial charge in [0.15, 0.2) is 0 Å². The number of aryl methyl sites for hydroxylation is 1. The molecular weight excluding hydrogens is 308 g/mol. The molecule has 0 spiro atoms. The van der Waals surface area contributed by atoms with Crippen molar-refractivity contribution in [2.75, 3.05) is 13.1 Å². The Hall–Kier alpha value is -1.79. The molecule has 120 valence electrons. The first-order chi connectivity index (χ1) is 11.2. The molecule has 5 nitrogen and oxygen atoms in total. The van der Waals surface area contributed by atoms with Crippen LogP contribution < -0.4 is 0 Å². The summed E-state index contributed by atoms with van der Waals surface area (Å²) in [6.45, 7) is 4.77. The number of rotatable bonds is 3. The number of nitrogens with zero attached hydrogens (tertiary/aromatic N) is 4. The van der Waals surface area contributed by atoms with Gasteiger partial charge in [0.1, 0.15) is 5.69 Å². The molecule has 2 atom stereocenters. The van der Waals surface area contributed by atoms with Gasteiger partial charge < -0.3 is 4.90 Å². The Morgan fingerprint density at radius 1 is 1.30 bits per heavy atom. The van der Waals surface area contributed by atoms with Gasteiger partial charge in [-0.05, 0) is 31.9 Å². The van der Waals surface area contributed by atoms with Gasteiger partial charge in [0.05, 0.1) is 11.2 Å². The zero-order valence-electron chi connectivity index (χ0n) is 13.2. The molecule has 2 aromatic rings. The summed E-state index contributed by atoms with van der Waals surface area (Å²) in [6.07, 6.45) is 2.10. The van der Waals surface area contributed by atoms with Crippen molar-refractivity contribution in [1.82, 2.24) is 19.8 Å². The van der Waals surface area contributed by atoms with Crippen LogP contribution in [0.25, 0.3) is 0 Å². The molecule has 0 aliphatic carbocycles. The van der Waals surface area contributed by atoms with E-state index in [-0.39, 0.29) is 5.91 Å². The third-order valence-corrected chi connectivity index (χ3v) is 5.50. The largest absolute Gasteiger partial charge is 0.333 e. The first-order valence-corrected chi connectivity index (χ1v) is 9.02. The third-order valence-electron chi connectivity index (χ3n) is 4.91. The molecule has 6 heteroatoms. The highest BCUT2D eigenvalue weighted by molar-refractivity contribution is 7.07. The fraction of sp³-hybridized carbons (Fsp3) is 0.471. The molecule has 2 aromatic heterocycles. The Bertz CT molecular complexity index is 702. The molecule has 23 heavy (non-hydrogen) atoms. The summed E-state index contributed by atoms with van der Waals surface area (Å²) in [5, 5.41) is 1.85. The first-order valence-electron chi connectivity index (χ1n) is 8.08. The molecule has 2 fully saturated rings. The van der Waals surface area contributed by atoms with Crippen molar-refractivity contribution < 1.29 is 4.79 Å². The van der Waals surface area contributed by atoms with E-state index in [1.54, 1.807) is 5.51 Å². The van der Waals surface area contributed by atoms with Crippen molar-refractivity contribution in [3.8, 4) is 0 Å². The minimum atomic E-state index is 0.0919. The Kier molecular flexibility index (Phi) is 3.87. The van der Waals surface area contributed by atoms with Gasteiger partial charge >= 0.3 is 0 Å². The lowest BCUT2D eigenvalue weighted by atomic mass is 10.1. The van der Waals surface area contributed by atoms with Gasteiger partial charge in [0.25, 0.3) is 5.91 Å². The van der Waals surface area contributed by atoms with E-state index < -0.39 is 0 Å². The number of carbonyl (C=O) groups is 1. The van der Waals surface area contributed by atoms with E-state index in [2.05, 4.69) is 27.0 Å². The number of carbonyl (C=O) groups excluding carboxylic acids is 1. The second-order valence-electron chi connectivity index (χ2n) is 6.33. The summed E-state index contributed by atoms with van der Waals surface area (Å²) in [5.74, 6) is 0.0919. The van der Waals surface area contributed by atoms with Crippen LogP contribution in [-0.2, 0) is 6.54 Å². The van der Waals surface area contributed by atoms with Crippen molar-refractivity contribution >= 4 is 17.2 Å². The molecule has 4 rings (SSSR count). The van der Waals surface area contributed by atoms with Crippen LogP contribution in [0.4, 0.5) is 0 Å². The molecule has 2 aliphatic heterocycles. The van der Waals surface area contributed by atoms with Crippen molar-refractivity contribution in [2.45, 2.75) is 38.4 Å². The van der Waals surface area contributed by atoms with Gasteiger partial charge in [-0.15, -0.1) is 11.3 Å². The second kappa shape index (κ2) is 6.02. The smallest absolute Gasteiger partial charge is 0.273 e. The van der Waals surface area contributed by atoms with E-state index in [0.717, 1.165) is 43.9 Å². The molecule has 0 unspecified atom stereocenters. The number of hydrogen-bond acceptors (Lipinski definition) is 5. The van der Waals surface area contributed by atoms with Gasteiger partial charge in [-0.25, -0.2) is 4.98 Å². The minimum absolute atomic E-state index is 0.0919. The van der Waals surface area contributed by atoms with Crippen LogP contribution in [-0.4, -0.2) is 50.8 Å². The topological polar surface area (TPSA) is 49.3 Å². The summed E-state index contributed by atoms with van der Waals surface area (Å²) in [7, 11) is 0. The predicted octanol–water partition coefficient (Wildman–Crippen LogP) is 2.34. The van der Waals surface area contributed by atoms with Crippen molar-refractivity contribution in [3.63, 3.8) is 0 Å². The highest BCUT2D eigenvalue weighted by Crippen LogP contribution is 2.33. The summed E-state index contributed by atoms with van der Waals surface area (Å²) < 4.78 is 0. The van der Waals surface area contributed by atoms with E-state index in [1.807, 2.05) is 23.3 Å². The maximum Gasteiger partial charge on any atom is 0.273 e. The third kappa shape index (κ3) is 2.77. The molecular formula is C17H20N4OS. The zero-order valence-corrected chi connectivity index (χ0v) is 14.0. The lowest BCUT2D eigenvalue weighted by Crippen LogP contribution is -2.39. The SMILES string of the molecule is Cc1cccc(CN2CC[C@@H]3[C@@H]2CCN3C(=O)c2cscn2)n1. The summed E-state index contributed by atoms with van der Waals surface area (Å²) in [4.78, 5) is 25.9. The van der Waals surface area contributed by atoms with Crippen LogP contribution in [0.3, 0.4) is 0 Å². The Morgan fingerprint density at radius 3 is 2.96 bits per heavy atom. The van der Waals surface area contributed by atoms with Gasteiger partial charge in [-0.3, -0.25) is 14.7 Å². The van der Waals surface area contributed by atoms with Crippen LogP contribution in [0.15, 0.2) is 29.1 Å². The molecule has 2 aliphatic rings. The number of pyridine rings is 1. The molecule has 0 radical (unpaired) electrons. The van der Waals surface area contributed by atoms with Gasteiger partial charge in [-0.2, -0.15) is 0 Å². The number of likely N-dealkylation sites (tertiary alicyclic amines) is 2. The molecule has 2 saturated heterocycles. The fourth-order valence-corrected chi connectivity index (χ4v) is 4.41. The normalized spacial score (nSPS) is 24.1. The fourth-order valence-electron chi connectivity index (χ4n) is 3.88. The van der Waals surface area contributed by atoms with E-state index in [9.17, 15) is 4.79 Å². The minimum Gasteiger partial charge on any atom is -0.333 e. The first kappa shape index (κ1) is 14.8. The number of hydrogen-bond donors (Lipinski definition) is 0. The van der Waals surface area contributed by atoms with E-state index in [4.69, 9.17) is 0 Å². The van der Waals surface area contributed by atoms with Crippen LogP contribution >= 0.6 is 11.3 Å². The van der Waals surface area contributed by atoms with Crippen LogP contribution in [0.2, 0.25) is 0 Å². The van der Waals surface area contributed by atoms with Gasteiger partial charge in [0.2, 0.25) is 0 Å². The summed E-state index contributed by atoms with van der Waals surface area (Å²) in [5.41, 5.74) is 4.50. The van der Waals surface area contributed by atoms with Crippen LogP contribution in [0.1, 0.15) is 34.7 Å². The van der Waals surface area contributed by atoms with Crippen LogP contribution in [0.5, 0.6) is 0 Å². The quantitative estimate of drug-likeness (QED) is 0.868. The molecule has 0 bridgehead atoms. The average Bonchev–Trinajstić information content (AvgIpc) is 3.25. The maximum atomic E-state index is 12.6. The monoisotopic (exact) mass is 328 g/mol. The second-order valence-corrected chi connectivity index (χ2v) is 7.04. The highest BCUT2D eigenvalue weighted by Gasteiger charge is 2.44. The number of thiazole rings is 1. The number of aromatic nitrogens is 2. The maximum absolute atomic E-state index is 12.6. The zero-order chi connectivity index (χ0) is 15.8. The van der Waals surface area contributed by atoms with Gasteiger partial charge in [-0.1, -0.05) is 6.07 Å². The van der Waals surface area contributed by atoms with Crippen molar-refractivity contribution in [1.29, 1.82) is 0 Å². The molecule has 0 N–H and O–H groups in total. The van der Waals surface area contributed by atoms with E-state index >= 15 is 0 Å². The van der Waals surface area contributed by atoms with E-state index in [1.165, 1.54) is 11.3 Å².